The van der Waals surface area contributed by atoms with Gasteiger partial charge in [0.25, 0.3) is 5.56 Å². The highest BCUT2D eigenvalue weighted by Crippen LogP contribution is 2.40. The number of methoxy groups -OCH3 is 2. The molecule has 0 saturated carbocycles. The van der Waals surface area contributed by atoms with E-state index in [-0.39, 0.29) is 5.56 Å². The minimum Gasteiger partial charge on any atom is -0.493 e. The summed E-state index contributed by atoms with van der Waals surface area (Å²) < 4.78 is 12.3. The van der Waals surface area contributed by atoms with Crippen molar-refractivity contribution < 1.29 is 14.3 Å². The summed E-state index contributed by atoms with van der Waals surface area (Å²) in [6, 6.07) is 23.2. The van der Waals surface area contributed by atoms with Crippen LogP contribution in [-0.2, 0) is 0 Å². The number of pyridine rings is 1. The second-order valence-electron chi connectivity index (χ2n) is 6.49. The van der Waals surface area contributed by atoms with E-state index in [1.54, 1.807) is 20.3 Å². The van der Waals surface area contributed by atoms with Gasteiger partial charge in [0.2, 0.25) is 0 Å². The lowest BCUT2D eigenvalue weighted by Gasteiger charge is -2.20. The quantitative estimate of drug-likeness (QED) is 0.509. The fourth-order valence-corrected chi connectivity index (χ4v) is 3.63. The van der Waals surface area contributed by atoms with Gasteiger partial charge in [-0.1, -0.05) is 60.7 Å². The van der Waals surface area contributed by atoms with Crippen molar-refractivity contribution in [1.82, 2.24) is 4.73 Å². The molecule has 0 N–H and O–H groups in total. The first-order valence-electron chi connectivity index (χ1n) is 9.19. The Morgan fingerprint density at radius 3 is 1.72 bits per heavy atom. The van der Waals surface area contributed by atoms with Crippen LogP contribution < -0.4 is 19.9 Å². The van der Waals surface area contributed by atoms with Gasteiger partial charge in [0.1, 0.15) is 7.11 Å². The van der Waals surface area contributed by atoms with E-state index in [1.165, 1.54) is 11.8 Å². The van der Waals surface area contributed by atoms with Gasteiger partial charge in [-0.2, -0.15) is 0 Å². The summed E-state index contributed by atoms with van der Waals surface area (Å²) in [4.78, 5) is 18.9. The Labute approximate surface area is 168 Å². The SMILES string of the molecule is COc1cc2c(-c3ccccc3)c(-c3ccccc3)n(OC)c(=O)c2cc1OC. The zero-order chi connectivity index (χ0) is 20.4. The van der Waals surface area contributed by atoms with Crippen LogP contribution in [0.3, 0.4) is 0 Å². The van der Waals surface area contributed by atoms with Crippen LogP contribution in [0.1, 0.15) is 0 Å². The molecule has 4 rings (SSSR count). The normalized spacial score (nSPS) is 10.7. The van der Waals surface area contributed by atoms with Gasteiger partial charge in [0.15, 0.2) is 11.5 Å². The van der Waals surface area contributed by atoms with Gasteiger partial charge < -0.3 is 14.3 Å². The smallest absolute Gasteiger partial charge is 0.291 e. The summed E-state index contributed by atoms with van der Waals surface area (Å²) in [6.07, 6.45) is 0. The molecular formula is C24H21NO4. The zero-order valence-electron chi connectivity index (χ0n) is 16.5. The van der Waals surface area contributed by atoms with E-state index in [9.17, 15) is 4.79 Å². The Kier molecular flexibility index (Phi) is 4.96. The molecule has 0 aliphatic heterocycles. The molecule has 0 aliphatic rings. The van der Waals surface area contributed by atoms with Crippen molar-refractivity contribution in [3.63, 3.8) is 0 Å². The lowest BCUT2D eigenvalue weighted by atomic mass is 9.93. The summed E-state index contributed by atoms with van der Waals surface area (Å²) in [5, 5.41) is 1.26. The number of hydrogen-bond donors (Lipinski definition) is 0. The van der Waals surface area contributed by atoms with Crippen LogP contribution in [0.2, 0.25) is 0 Å². The van der Waals surface area contributed by atoms with Crippen molar-refractivity contribution >= 4 is 10.8 Å². The fourth-order valence-electron chi connectivity index (χ4n) is 3.63. The molecular weight excluding hydrogens is 366 g/mol. The van der Waals surface area contributed by atoms with Crippen molar-refractivity contribution in [2.24, 2.45) is 0 Å². The standard InChI is InChI=1S/C24H21NO4/c1-27-20-14-18-19(15-21(20)28-2)24(26)25(29-3)23(17-12-8-5-9-13-17)22(18)16-10-6-4-7-11-16/h4-15H,1-3H3. The predicted molar refractivity (Wildman–Crippen MR) is 115 cm³/mol. The number of aromatic nitrogens is 1. The third kappa shape index (κ3) is 3.10. The summed E-state index contributed by atoms with van der Waals surface area (Å²) in [5.41, 5.74) is 3.15. The third-order valence-electron chi connectivity index (χ3n) is 4.94. The predicted octanol–water partition coefficient (Wildman–Crippen LogP) is 4.41. The lowest BCUT2D eigenvalue weighted by Crippen LogP contribution is -2.27. The molecule has 0 spiro atoms. The van der Waals surface area contributed by atoms with Gasteiger partial charge in [-0.25, -0.2) is 0 Å². The van der Waals surface area contributed by atoms with E-state index in [1.807, 2.05) is 66.7 Å². The molecule has 0 atom stereocenters. The molecule has 0 unspecified atom stereocenters. The van der Waals surface area contributed by atoms with Crippen LogP contribution in [0.15, 0.2) is 77.6 Å². The maximum absolute atomic E-state index is 13.3. The highest BCUT2D eigenvalue weighted by atomic mass is 16.6. The highest BCUT2D eigenvalue weighted by Gasteiger charge is 2.22. The molecule has 1 heterocycles. The van der Waals surface area contributed by atoms with Crippen LogP contribution >= 0.6 is 0 Å². The van der Waals surface area contributed by atoms with Gasteiger partial charge in [0, 0.05) is 16.5 Å². The van der Waals surface area contributed by atoms with Crippen LogP contribution in [0.5, 0.6) is 11.5 Å². The number of rotatable bonds is 5. The third-order valence-corrected chi connectivity index (χ3v) is 4.94. The molecule has 29 heavy (non-hydrogen) atoms. The van der Waals surface area contributed by atoms with Gasteiger partial charge in [0.05, 0.1) is 25.3 Å². The molecule has 0 radical (unpaired) electrons. The number of ether oxygens (including phenoxy) is 2. The Morgan fingerprint density at radius 1 is 0.690 bits per heavy atom. The summed E-state index contributed by atoms with van der Waals surface area (Å²) >= 11 is 0. The van der Waals surface area contributed by atoms with Gasteiger partial charge in [-0.15, -0.1) is 4.73 Å². The Hall–Kier alpha value is -3.73. The van der Waals surface area contributed by atoms with Crippen molar-refractivity contribution in [1.29, 1.82) is 0 Å². The second kappa shape index (κ2) is 7.72. The first-order valence-corrected chi connectivity index (χ1v) is 9.19. The summed E-state index contributed by atoms with van der Waals surface area (Å²) in [6.45, 7) is 0. The Bertz CT molecular complexity index is 1210. The molecule has 0 amide bonds. The van der Waals surface area contributed by atoms with Crippen molar-refractivity contribution in [2.75, 3.05) is 21.3 Å². The molecule has 1 aromatic heterocycles. The van der Waals surface area contributed by atoms with Gasteiger partial charge >= 0.3 is 0 Å². The van der Waals surface area contributed by atoms with Gasteiger partial charge in [-0.3, -0.25) is 4.79 Å². The zero-order valence-corrected chi connectivity index (χ0v) is 16.5. The fraction of sp³-hybridized carbons (Fsp3) is 0.125. The molecule has 5 nitrogen and oxygen atoms in total. The maximum atomic E-state index is 13.3. The molecule has 3 aromatic carbocycles. The number of benzene rings is 3. The lowest BCUT2D eigenvalue weighted by molar-refractivity contribution is 0.163. The number of hydrogen-bond acceptors (Lipinski definition) is 4. The van der Waals surface area contributed by atoms with Crippen molar-refractivity contribution in [2.45, 2.75) is 0 Å². The van der Waals surface area contributed by atoms with E-state index in [0.717, 1.165) is 22.1 Å². The molecule has 0 bridgehead atoms. The number of fused-ring (bicyclic) bond motifs is 1. The average molecular weight is 387 g/mol. The highest BCUT2D eigenvalue weighted by molar-refractivity contribution is 6.03. The van der Waals surface area contributed by atoms with E-state index >= 15 is 0 Å². The number of nitrogens with zero attached hydrogens (tertiary/aromatic N) is 1. The van der Waals surface area contributed by atoms with E-state index in [2.05, 4.69) is 0 Å². The Balaban J connectivity index is 2.25. The van der Waals surface area contributed by atoms with Gasteiger partial charge in [-0.05, 0) is 17.7 Å². The van der Waals surface area contributed by atoms with Crippen molar-refractivity contribution in [3.8, 4) is 33.9 Å². The van der Waals surface area contributed by atoms with Crippen molar-refractivity contribution in [3.05, 3.63) is 83.2 Å². The molecule has 0 aliphatic carbocycles. The minimum absolute atomic E-state index is 0.262. The summed E-state index contributed by atoms with van der Waals surface area (Å²) in [7, 11) is 4.63. The first-order chi connectivity index (χ1) is 14.2. The van der Waals surface area contributed by atoms with Crippen LogP contribution in [0, 0.1) is 0 Å². The molecule has 0 saturated heterocycles. The molecule has 146 valence electrons. The minimum atomic E-state index is -0.262. The Morgan fingerprint density at radius 2 is 1.21 bits per heavy atom. The molecule has 0 fully saturated rings. The first kappa shape index (κ1) is 18.6. The molecule has 4 aromatic rings. The van der Waals surface area contributed by atoms with E-state index in [4.69, 9.17) is 14.3 Å². The molecule has 5 heteroatoms. The monoisotopic (exact) mass is 387 g/mol. The second-order valence-corrected chi connectivity index (χ2v) is 6.49. The van der Waals surface area contributed by atoms with E-state index < -0.39 is 0 Å². The average Bonchev–Trinajstić information content (AvgIpc) is 2.79. The topological polar surface area (TPSA) is 49.7 Å². The van der Waals surface area contributed by atoms with E-state index in [0.29, 0.717) is 22.6 Å². The van der Waals surface area contributed by atoms with Crippen LogP contribution in [0.25, 0.3) is 33.2 Å². The van der Waals surface area contributed by atoms with Crippen LogP contribution in [0.4, 0.5) is 0 Å². The summed E-state index contributed by atoms with van der Waals surface area (Å²) in [5.74, 6) is 1.05. The van der Waals surface area contributed by atoms with Crippen LogP contribution in [-0.4, -0.2) is 26.1 Å². The maximum Gasteiger partial charge on any atom is 0.291 e. The largest absolute Gasteiger partial charge is 0.493 e.